The third kappa shape index (κ3) is 3.86. The fourth-order valence-electron chi connectivity index (χ4n) is 1.89. The van der Waals surface area contributed by atoms with Gasteiger partial charge in [0.05, 0.1) is 11.4 Å². The zero-order valence-electron chi connectivity index (χ0n) is 11.5. The number of halogens is 1. The van der Waals surface area contributed by atoms with Crippen LogP contribution in [0.2, 0.25) is 0 Å². The summed E-state index contributed by atoms with van der Waals surface area (Å²) in [6.07, 6.45) is 0. The summed E-state index contributed by atoms with van der Waals surface area (Å²) in [5, 5.41) is 2.71. The molecule has 2 rings (SSSR count). The van der Waals surface area contributed by atoms with Crippen LogP contribution in [0.5, 0.6) is 0 Å². The number of rotatable bonds is 4. The Hall–Kier alpha value is -1.79. The van der Waals surface area contributed by atoms with E-state index >= 15 is 0 Å². The third-order valence-electron chi connectivity index (χ3n) is 2.94. The van der Waals surface area contributed by atoms with Gasteiger partial charge < -0.3 is 9.73 Å². The van der Waals surface area contributed by atoms with Crippen molar-refractivity contribution in [2.75, 3.05) is 0 Å². The topological polar surface area (TPSA) is 76.4 Å². The second-order valence-corrected chi connectivity index (χ2v) is 7.18. The first-order chi connectivity index (χ1) is 9.77. The lowest BCUT2D eigenvalue weighted by Gasteiger charge is -2.07. The molecule has 1 heterocycles. The van der Waals surface area contributed by atoms with Crippen LogP contribution in [0.4, 0.5) is 0 Å². The summed E-state index contributed by atoms with van der Waals surface area (Å²) in [6, 6.07) is 7.71. The Morgan fingerprint density at radius 1 is 1.24 bits per heavy atom. The van der Waals surface area contributed by atoms with E-state index in [9.17, 15) is 13.2 Å². The molecule has 0 aliphatic heterocycles. The van der Waals surface area contributed by atoms with Gasteiger partial charge in [0.15, 0.2) is 0 Å². The number of hydrogen-bond acceptors (Lipinski definition) is 4. The summed E-state index contributed by atoms with van der Waals surface area (Å²) in [4.78, 5) is 12.0. The van der Waals surface area contributed by atoms with Gasteiger partial charge in [0, 0.05) is 16.2 Å². The molecule has 1 aromatic carbocycles. The zero-order chi connectivity index (χ0) is 15.6. The van der Waals surface area contributed by atoms with Crippen LogP contribution in [0.25, 0.3) is 0 Å². The molecule has 0 radical (unpaired) electrons. The predicted molar refractivity (Wildman–Crippen MR) is 78.8 cm³/mol. The maximum absolute atomic E-state index is 12.1. The third-order valence-corrected chi connectivity index (χ3v) is 4.29. The molecular weight excluding hydrogens is 314 g/mol. The highest BCUT2D eigenvalue weighted by Gasteiger charge is 2.15. The quantitative estimate of drug-likeness (QED) is 0.876. The van der Waals surface area contributed by atoms with Crippen LogP contribution in [0.15, 0.2) is 39.6 Å². The highest BCUT2D eigenvalue weighted by molar-refractivity contribution is 8.13. The van der Waals surface area contributed by atoms with E-state index in [4.69, 9.17) is 15.1 Å². The van der Waals surface area contributed by atoms with Gasteiger partial charge in [0.2, 0.25) is 0 Å². The molecule has 0 aliphatic rings. The number of carbonyl (C=O) groups excluding carboxylic acids is 1. The summed E-state index contributed by atoms with van der Waals surface area (Å²) >= 11 is 0. The SMILES string of the molecule is Cc1ccc(CNC(=O)c2ccc(S(=O)(=O)Cl)cc2C)o1. The van der Waals surface area contributed by atoms with Crippen molar-refractivity contribution in [3.05, 3.63) is 53.0 Å². The minimum absolute atomic E-state index is 0.0279. The van der Waals surface area contributed by atoms with Crippen LogP contribution >= 0.6 is 10.7 Å². The van der Waals surface area contributed by atoms with E-state index in [2.05, 4.69) is 5.32 Å². The van der Waals surface area contributed by atoms with Crippen LogP contribution in [0, 0.1) is 13.8 Å². The Morgan fingerprint density at radius 2 is 1.95 bits per heavy atom. The minimum Gasteiger partial charge on any atom is -0.465 e. The maximum atomic E-state index is 12.1. The summed E-state index contributed by atoms with van der Waals surface area (Å²) in [5.74, 6) is 1.12. The number of carbonyl (C=O) groups is 1. The highest BCUT2D eigenvalue weighted by atomic mass is 35.7. The Balaban J connectivity index is 2.12. The molecule has 0 aliphatic carbocycles. The van der Waals surface area contributed by atoms with Crippen molar-refractivity contribution in [2.45, 2.75) is 25.3 Å². The first kappa shape index (κ1) is 15.6. The van der Waals surface area contributed by atoms with Crippen LogP contribution < -0.4 is 5.32 Å². The number of hydrogen-bond donors (Lipinski definition) is 1. The number of aryl methyl sites for hydroxylation is 2. The Kier molecular flexibility index (Phi) is 4.39. The van der Waals surface area contributed by atoms with Gasteiger partial charge >= 0.3 is 0 Å². The molecule has 5 nitrogen and oxygen atoms in total. The second kappa shape index (κ2) is 5.91. The van der Waals surface area contributed by atoms with Gasteiger partial charge in [0.25, 0.3) is 15.0 Å². The normalized spacial score (nSPS) is 11.4. The Labute approximate surface area is 127 Å². The standard InChI is InChI=1S/C14H14ClNO4S/c1-9-7-12(21(15,18)19)5-6-13(9)14(17)16-8-11-4-3-10(2)20-11/h3-7H,8H2,1-2H3,(H,16,17). The van der Waals surface area contributed by atoms with E-state index in [-0.39, 0.29) is 17.3 Å². The molecule has 21 heavy (non-hydrogen) atoms. The first-order valence-electron chi connectivity index (χ1n) is 6.16. The van der Waals surface area contributed by atoms with E-state index in [1.165, 1.54) is 18.2 Å². The van der Waals surface area contributed by atoms with Gasteiger partial charge in [-0.05, 0) is 49.7 Å². The maximum Gasteiger partial charge on any atom is 0.261 e. The van der Waals surface area contributed by atoms with Crippen molar-refractivity contribution in [3.8, 4) is 0 Å². The monoisotopic (exact) mass is 327 g/mol. The second-order valence-electron chi connectivity index (χ2n) is 4.61. The van der Waals surface area contributed by atoms with Gasteiger partial charge in [-0.1, -0.05) is 0 Å². The van der Waals surface area contributed by atoms with Crippen LogP contribution in [-0.4, -0.2) is 14.3 Å². The first-order valence-corrected chi connectivity index (χ1v) is 8.47. The molecule has 0 bridgehead atoms. The summed E-state index contributed by atoms with van der Waals surface area (Å²) < 4.78 is 27.8. The van der Waals surface area contributed by atoms with E-state index in [1.807, 2.05) is 13.0 Å². The molecule has 1 N–H and O–H groups in total. The van der Waals surface area contributed by atoms with Crippen molar-refractivity contribution < 1.29 is 17.6 Å². The smallest absolute Gasteiger partial charge is 0.261 e. The molecule has 2 aromatic rings. The van der Waals surface area contributed by atoms with E-state index in [0.29, 0.717) is 16.9 Å². The molecule has 0 saturated carbocycles. The molecule has 7 heteroatoms. The molecule has 112 valence electrons. The van der Waals surface area contributed by atoms with Crippen molar-refractivity contribution in [1.29, 1.82) is 0 Å². The van der Waals surface area contributed by atoms with Crippen molar-refractivity contribution >= 4 is 25.6 Å². The molecule has 0 unspecified atom stereocenters. The number of benzene rings is 1. The van der Waals surface area contributed by atoms with Crippen molar-refractivity contribution in [3.63, 3.8) is 0 Å². The average Bonchev–Trinajstić information content (AvgIpc) is 2.80. The van der Waals surface area contributed by atoms with E-state index in [1.54, 1.807) is 13.0 Å². The zero-order valence-corrected chi connectivity index (χ0v) is 13.1. The van der Waals surface area contributed by atoms with Gasteiger partial charge in [-0.2, -0.15) is 0 Å². The van der Waals surface area contributed by atoms with Gasteiger partial charge in [-0.25, -0.2) is 8.42 Å². The average molecular weight is 328 g/mol. The van der Waals surface area contributed by atoms with Gasteiger partial charge in [-0.15, -0.1) is 0 Å². The Morgan fingerprint density at radius 3 is 2.48 bits per heavy atom. The summed E-state index contributed by atoms with van der Waals surface area (Å²) in [7, 11) is 1.47. The number of furan rings is 1. The molecule has 1 amide bonds. The van der Waals surface area contributed by atoms with E-state index < -0.39 is 9.05 Å². The number of amides is 1. The van der Waals surface area contributed by atoms with Gasteiger partial charge in [0.1, 0.15) is 11.5 Å². The van der Waals surface area contributed by atoms with Gasteiger partial charge in [-0.3, -0.25) is 4.79 Å². The number of nitrogens with one attached hydrogen (secondary N) is 1. The Bertz CT molecular complexity index is 780. The fourth-order valence-corrected chi connectivity index (χ4v) is 2.72. The van der Waals surface area contributed by atoms with Crippen LogP contribution in [-0.2, 0) is 15.6 Å². The minimum atomic E-state index is -3.79. The lowest BCUT2D eigenvalue weighted by atomic mass is 10.1. The van der Waals surface area contributed by atoms with Crippen molar-refractivity contribution in [1.82, 2.24) is 5.32 Å². The van der Waals surface area contributed by atoms with Crippen LogP contribution in [0.3, 0.4) is 0 Å². The predicted octanol–water partition coefficient (Wildman–Crippen LogP) is 2.75. The molecule has 0 saturated heterocycles. The molecule has 0 spiro atoms. The molecule has 1 aromatic heterocycles. The molecule has 0 fully saturated rings. The largest absolute Gasteiger partial charge is 0.465 e. The summed E-state index contributed by atoms with van der Waals surface area (Å²) in [6.45, 7) is 3.74. The molecule has 0 atom stereocenters. The van der Waals surface area contributed by atoms with Crippen molar-refractivity contribution in [2.24, 2.45) is 0 Å². The van der Waals surface area contributed by atoms with E-state index in [0.717, 1.165) is 5.76 Å². The summed E-state index contributed by atoms with van der Waals surface area (Å²) in [5.41, 5.74) is 0.923. The fraction of sp³-hybridized carbons (Fsp3) is 0.214. The lowest BCUT2D eigenvalue weighted by molar-refractivity contribution is 0.0947. The lowest BCUT2D eigenvalue weighted by Crippen LogP contribution is -2.23. The highest BCUT2D eigenvalue weighted by Crippen LogP contribution is 2.19. The van der Waals surface area contributed by atoms with Crippen LogP contribution in [0.1, 0.15) is 27.4 Å². The molecular formula is C14H14ClNO4S.